The maximum Gasteiger partial charge on any atom is 0.275 e. The molecule has 2 aromatic rings. The van der Waals surface area contributed by atoms with E-state index in [4.69, 9.17) is 4.74 Å². The molecule has 1 aromatic carbocycles. The third-order valence-electron chi connectivity index (χ3n) is 6.06. The van der Waals surface area contributed by atoms with E-state index in [1.165, 1.54) is 12.8 Å². The lowest BCUT2D eigenvalue weighted by Gasteiger charge is -2.42. The van der Waals surface area contributed by atoms with Crippen molar-refractivity contribution in [2.45, 2.75) is 45.3 Å². The Morgan fingerprint density at radius 3 is 2.64 bits per heavy atom. The third kappa shape index (κ3) is 3.71. The van der Waals surface area contributed by atoms with Gasteiger partial charge in [0, 0.05) is 24.3 Å². The van der Waals surface area contributed by atoms with Crippen LogP contribution in [0.1, 0.15) is 53.1 Å². The van der Waals surface area contributed by atoms with Gasteiger partial charge in [0.05, 0.1) is 18.8 Å². The Kier molecular flexibility index (Phi) is 5.78. The summed E-state index contributed by atoms with van der Waals surface area (Å²) < 4.78 is 6.22. The van der Waals surface area contributed by atoms with E-state index < -0.39 is 0 Å². The zero-order valence-corrected chi connectivity index (χ0v) is 16.9. The number of H-pyrrole nitrogens is 1. The number of amides is 1. The van der Waals surface area contributed by atoms with Crippen molar-refractivity contribution in [2.75, 3.05) is 32.8 Å². The van der Waals surface area contributed by atoms with Crippen LogP contribution in [-0.4, -0.2) is 64.8 Å². The minimum atomic E-state index is -0.0933. The van der Waals surface area contributed by atoms with Crippen LogP contribution in [0.3, 0.4) is 0 Å². The average Bonchev–Trinajstić information content (AvgIpc) is 3.37. The van der Waals surface area contributed by atoms with Crippen molar-refractivity contribution in [2.24, 2.45) is 0 Å². The lowest BCUT2D eigenvalue weighted by atomic mass is 9.96. The highest BCUT2D eigenvalue weighted by molar-refractivity contribution is 5.94. The van der Waals surface area contributed by atoms with Crippen LogP contribution in [0.2, 0.25) is 0 Å². The number of nitrogens with one attached hydrogen (secondary N) is 1. The Morgan fingerprint density at radius 1 is 1.21 bits per heavy atom. The molecule has 2 fully saturated rings. The normalized spacial score (nSPS) is 23.3. The van der Waals surface area contributed by atoms with E-state index in [9.17, 15) is 4.79 Å². The molecule has 28 heavy (non-hydrogen) atoms. The Hall–Kier alpha value is -2.18. The number of carbonyl (C=O) groups is 1. The molecule has 2 aliphatic rings. The molecule has 4 rings (SSSR count). The van der Waals surface area contributed by atoms with Crippen LogP contribution in [0.15, 0.2) is 30.3 Å². The first kappa shape index (κ1) is 19.2. The summed E-state index contributed by atoms with van der Waals surface area (Å²) in [5.74, 6) is -0.00275. The summed E-state index contributed by atoms with van der Waals surface area (Å²) in [4.78, 5) is 17.9. The molecule has 3 heterocycles. The van der Waals surface area contributed by atoms with E-state index in [0.717, 1.165) is 42.9 Å². The van der Waals surface area contributed by atoms with E-state index in [2.05, 4.69) is 34.2 Å². The molecule has 0 unspecified atom stereocenters. The van der Waals surface area contributed by atoms with Crippen molar-refractivity contribution in [1.82, 2.24) is 20.0 Å². The smallest absolute Gasteiger partial charge is 0.275 e. The third-order valence-corrected chi connectivity index (χ3v) is 6.06. The maximum atomic E-state index is 13.5. The Morgan fingerprint density at radius 2 is 1.96 bits per heavy atom. The molecule has 1 N–H and O–H groups in total. The highest BCUT2D eigenvalue weighted by atomic mass is 16.5. The largest absolute Gasteiger partial charge is 0.373 e. The van der Waals surface area contributed by atoms with Gasteiger partial charge >= 0.3 is 0 Å². The van der Waals surface area contributed by atoms with Crippen molar-refractivity contribution in [3.05, 3.63) is 52.8 Å². The minimum absolute atomic E-state index is 0.00275. The van der Waals surface area contributed by atoms with Gasteiger partial charge in [-0.25, -0.2) is 0 Å². The van der Waals surface area contributed by atoms with Gasteiger partial charge in [-0.15, -0.1) is 0 Å². The van der Waals surface area contributed by atoms with Crippen molar-refractivity contribution < 1.29 is 9.53 Å². The SMILES string of the molecule is CCc1[nH]nc(C(=O)N2CCO[C@@H](CN3CCCC3)[C@@H]2c2ccccc2)c1C. The number of carbonyl (C=O) groups excluding carboxylic acids is 1. The number of aromatic amines is 1. The molecule has 2 saturated heterocycles. The summed E-state index contributed by atoms with van der Waals surface area (Å²) in [5, 5.41) is 7.38. The first-order valence-corrected chi connectivity index (χ1v) is 10.4. The Balaban J connectivity index is 1.65. The van der Waals surface area contributed by atoms with E-state index >= 15 is 0 Å². The molecule has 150 valence electrons. The van der Waals surface area contributed by atoms with Gasteiger partial charge in [0.15, 0.2) is 5.69 Å². The second-order valence-electron chi connectivity index (χ2n) is 7.80. The summed E-state index contributed by atoms with van der Waals surface area (Å²) in [6.07, 6.45) is 3.31. The predicted molar refractivity (Wildman–Crippen MR) is 108 cm³/mol. The summed E-state index contributed by atoms with van der Waals surface area (Å²) in [6, 6.07) is 10.2. The molecule has 6 heteroatoms. The van der Waals surface area contributed by atoms with Crippen LogP contribution in [-0.2, 0) is 11.2 Å². The number of aromatic nitrogens is 2. The number of nitrogens with zero attached hydrogens (tertiary/aromatic N) is 3. The first-order valence-electron chi connectivity index (χ1n) is 10.4. The van der Waals surface area contributed by atoms with Crippen LogP contribution in [0.25, 0.3) is 0 Å². The lowest BCUT2D eigenvalue weighted by Crippen LogP contribution is -2.51. The highest BCUT2D eigenvalue weighted by Crippen LogP contribution is 2.32. The Labute approximate surface area is 166 Å². The molecular weight excluding hydrogens is 352 g/mol. The fourth-order valence-electron chi connectivity index (χ4n) is 4.50. The number of rotatable bonds is 5. The topological polar surface area (TPSA) is 61.5 Å². The molecule has 6 nitrogen and oxygen atoms in total. The molecule has 0 radical (unpaired) electrons. The van der Waals surface area contributed by atoms with Gasteiger partial charge in [0.1, 0.15) is 0 Å². The van der Waals surface area contributed by atoms with Gasteiger partial charge in [-0.1, -0.05) is 37.3 Å². The summed E-state index contributed by atoms with van der Waals surface area (Å²) >= 11 is 0. The van der Waals surface area contributed by atoms with E-state index in [1.807, 2.05) is 30.0 Å². The van der Waals surface area contributed by atoms with Gasteiger partial charge in [0.25, 0.3) is 5.91 Å². The number of hydrogen-bond donors (Lipinski definition) is 1. The molecule has 2 aliphatic heterocycles. The molecule has 0 bridgehead atoms. The number of benzene rings is 1. The Bertz CT molecular complexity index is 798. The van der Waals surface area contributed by atoms with Crippen molar-refractivity contribution in [3.63, 3.8) is 0 Å². The molecule has 0 aliphatic carbocycles. The maximum absolute atomic E-state index is 13.5. The van der Waals surface area contributed by atoms with Gasteiger partial charge in [-0.2, -0.15) is 5.10 Å². The van der Waals surface area contributed by atoms with E-state index in [-0.39, 0.29) is 18.1 Å². The number of ether oxygens (including phenoxy) is 1. The molecule has 0 spiro atoms. The highest BCUT2D eigenvalue weighted by Gasteiger charge is 2.39. The number of likely N-dealkylation sites (tertiary alicyclic amines) is 1. The fourth-order valence-corrected chi connectivity index (χ4v) is 4.50. The summed E-state index contributed by atoms with van der Waals surface area (Å²) in [7, 11) is 0. The van der Waals surface area contributed by atoms with Gasteiger partial charge in [-0.05, 0) is 44.8 Å². The summed E-state index contributed by atoms with van der Waals surface area (Å²) in [6.45, 7) is 8.31. The molecule has 1 amide bonds. The molecule has 2 atom stereocenters. The number of hydrogen-bond acceptors (Lipinski definition) is 4. The van der Waals surface area contributed by atoms with E-state index in [0.29, 0.717) is 18.8 Å². The van der Waals surface area contributed by atoms with Crippen LogP contribution in [0.4, 0.5) is 0 Å². The van der Waals surface area contributed by atoms with Crippen LogP contribution in [0, 0.1) is 6.92 Å². The van der Waals surface area contributed by atoms with E-state index in [1.54, 1.807) is 0 Å². The average molecular weight is 383 g/mol. The standard InChI is InChI=1S/C22H30N4O2/c1-3-18-16(2)20(24-23-18)22(27)26-13-14-28-19(15-25-11-7-8-12-25)21(26)17-9-5-4-6-10-17/h4-6,9-10,19,21H,3,7-8,11-15H2,1-2H3,(H,23,24)/t19-,21-/m0/s1. The van der Waals surface area contributed by atoms with Crippen molar-refractivity contribution >= 4 is 5.91 Å². The quantitative estimate of drug-likeness (QED) is 0.864. The van der Waals surface area contributed by atoms with Crippen molar-refractivity contribution in [1.29, 1.82) is 0 Å². The summed E-state index contributed by atoms with van der Waals surface area (Å²) in [5.41, 5.74) is 3.66. The van der Waals surface area contributed by atoms with Crippen LogP contribution < -0.4 is 0 Å². The zero-order valence-electron chi connectivity index (χ0n) is 16.9. The second-order valence-corrected chi connectivity index (χ2v) is 7.80. The van der Waals surface area contributed by atoms with Gasteiger partial charge in [0.2, 0.25) is 0 Å². The molecule has 0 saturated carbocycles. The monoisotopic (exact) mass is 382 g/mol. The van der Waals surface area contributed by atoms with Crippen molar-refractivity contribution in [3.8, 4) is 0 Å². The lowest BCUT2D eigenvalue weighted by molar-refractivity contribution is -0.0708. The fraction of sp³-hybridized carbons (Fsp3) is 0.545. The predicted octanol–water partition coefficient (Wildman–Crippen LogP) is 2.96. The van der Waals surface area contributed by atoms with Crippen LogP contribution in [0.5, 0.6) is 0 Å². The zero-order chi connectivity index (χ0) is 19.5. The van der Waals surface area contributed by atoms with Gasteiger partial charge in [-0.3, -0.25) is 9.89 Å². The number of aryl methyl sites for hydroxylation is 1. The van der Waals surface area contributed by atoms with Gasteiger partial charge < -0.3 is 14.5 Å². The second kappa shape index (κ2) is 8.45. The number of morpholine rings is 1. The molecular formula is C22H30N4O2. The molecule has 1 aromatic heterocycles. The first-order chi connectivity index (χ1) is 13.7. The van der Waals surface area contributed by atoms with Crippen LogP contribution >= 0.6 is 0 Å². The minimum Gasteiger partial charge on any atom is -0.373 e.